The van der Waals surface area contributed by atoms with Crippen LogP contribution in [0.3, 0.4) is 0 Å². The lowest BCUT2D eigenvalue weighted by molar-refractivity contribution is -0.144. The summed E-state index contributed by atoms with van der Waals surface area (Å²) in [6, 6.07) is 0.0349. The third-order valence-corrected chi connectivity index (χ3v) is 3.75. The number of ether oxygens (including phenoxy) is 1. The van der Waals surface area contributed by atoms with E-state index in [-0.39, 0.29) is 23.8 Å². The number of rotatable bonds is 7. The predicted octanol–water partition coefficient (Wildman–Crippen LogP) is 1.81. The Bertz CT molecular complexity index is 300. The highest BCUT2D eigenvalue weighted by Gasteiger charge is 2.31. The zero-order valence-electron chi connectivity index (χ0n) is 11.9. The number of hydrogen-bond donors (Lipinski definition) is 2. The maximum Gasteiger partial charge on any atom is 0.306 e. The zero-order valence-corrected chi connectivity index (χ0v) is 11.9. The van der Waals surface area contributed by atoms with E-state index in [1.165, 1.54) is 0 Å². The quantitative estimate of drug-likeness (QED) is 0.740. The van der Waals surface area contributed by atoms with Crippen LogP contribution in [0.5, 0.6) is 0 Å². The fourth-order valence-electron chi connectivity index (χ4n) is 2.72. The highest BCUT2D eigenvalue weighted by Crippen LogP contribution is 2.29. The first-order chi connectivity index (χ1) is 9.08. The Morgan fingerprint density at radius 3 is 2.63 bits per heavy atom. The van der Waals surface area contributed by atoms with Crippen molar-refractivity contribution in [2.24, 2.45) is 11.8 Å². The molecule has 0 aromatic carbocycles. The molecule has 0 aliphatic heterocycles. The van der Waals surface area contributed by atoms with Crippen molar-refractivity contribution in [1.29, 1.82) is 0 Å². The van der Waals surface area contributed by atoms with Crippen molar-refractivity contribution < 1.29 is 19.4 Å². The second-order valence-corrected chi connectivity index (χ2v) is 5.35. The first kappa shape index (κ1) is 16.0. The molecule has 1 amide bonds. The van der Waals surface area contributed by atoms with Crippen molar-refractivity contribution in [3.8, 4) is 0 Å². The number of carbonyl (C=O) groups is 2. The summed E-state index contributed by atoms with van der Waals surface area (Å²) in [5.74, 6) is -1.32. The van der Waals surface area contributed by atoms with Gasteiger partial charge in [-0.15, -0.1) is 0 Å². The number of amides is 1. The van der Waals surface area contributed by atoms with Gasteiger partial charge in [-0.3, -0.25) is 9.59 Å². The van der Waals surface area contributed by atoms with Crippen molar-refractivity contribution in [3.05, 3.63) is 0 Å². The van der Waals surface area contributed by atoms with E-state index in [2.05, 4.69) is 12.2 Å². The summed E-state index contributed by atoms with van der Waals surface area (Å²) in [7, 11) is 1.62. The van der Waals surface area contributed by atoms with E-state index in [0.717, 1.165) is 25.7 Å². The smallest absolute Gasteiger partial charge is 0.306 e. The Kier molecular flexibility index (Phi) is 6.84. The maximum absolute atomic E-state index is 12.2. The van der Waals surface area contributed by atoms with Crippen molar-refractivity contribution in [2.45, 2.75) is 51.5 Å². The number of carboxylic acid groups (broad SMARTS) is 1. The lowest BCUT2D eigenvalue weighted by atomic mass is 9.81. The molecule has 1 aliphatic carbocycles. The van der Waals surface area contributed by atoms with Crippen LogP contribution in [0, 0.1) is 11.8 Å². The minimum atomic E-state index is -0.778. The van der Waals surface area contributed by atoms with Gasteiger partial charge in [0.05, 0.1) is 18.6 Å². The molecular weight excluding hydrogens is 246 g/mol. The van der Waals surface area contributed by atoms with Crippen molar-refractivity contribution in [3.63, 3.8) is 0 Å². The van der Waals surface area contributed by atoms with E-state index < -0.39 is 5.97 Å². The molecule has 1 fully saturated rings. The highest BCUT2D eigenvalue weighted by molar-refractivity contribution is 5.80. The van der Waals surface area contributed by atoms with Gasteiger partial charge in [-0.1, -0.05) is 19.8 Å². The lowest BCUT2D eigenvalue weighted by Crippen LogP contribution is -2.43. The molecule has 2 N–H and O–H groups in total. The molecule has 19 heavy (non-hydrogen) atoms. The third-order valence-electron chi connectivity index (χ3n) is 3.75. The van der Waals surface area contributed by atoms with E-state index in [1.54, 1.807) is 7.11 Å². The van der Waals surface area contributed by atoms with E-state index >= 15 is 0 Å². The van der Waals surface area contributed by atoms with Gasteiger partial charge < -0.3 is 15.2 Å². The normalized spacial score (nSPS) is 24.7. The molecule has 1 rings (SSSR count). The summed E-state index contributed by atoms with van der Waals surface area (Å²) in [5, 5.41) is 12.0. The minimum Gasteiger partial charge on any atom is -0.481 e. The fourth-order valence-corrected chi connectivity index (χ4v) is 2.72. The Hall–Kier alpha value is -1.10. The van der Waals surface area contributed by atoms with Gasteiger partial charge in [0.1, 0.15) is 0 Å². The molecular formula is C14H25NO4. The number of aliphatic carboxylic acids is 1. The van der Waals surface area contributed by atoms with Gasteiger partial charge in [0.2, 0.25) is 5.91 Å². The largest absolute Gasteiger partial charge is 0.481 e. The molecule has 0 heterocycles. The van der Waals surface area contributed by atoms with Crippen LogP contribution in [-0.2, 0) is 14.3 Å². The summed E-state index contributed by atoms with van der Waals surface area (Å²) in [4.78, 5) is 23.2. The Morgan fingerprint density at radius 2 is 2.05 bits per heavy atom. The third kappa shape index (κ3) is 5.19. The van der Waals surface area contributed by atoms with E-state index in [0.29, 0.717) is 19.4 Å². The maximum atomic E-state index is 12.2. The Morgan fingerprint density at radius 1 is 1.37 bits per heavy atom. The standard InChI is InChI=1S/C14H25NO4/c1-3-5-12(9-19-2)15-13(16)10-6-4-7-11(8-10)14(17)18/h10-12H,3-9H2,1-2H3,(H,15,16)(H,17,18). The van der Waals surface area contributed by atoms with Crippen molar-refractivity contribution in [2.75, 3.05) is 13.7 Å². The van der Waals surface area contributed by atoms with Crippen LogP contribution in [0.15, 0.2) is 0 Å². The van der Waals surface area contributed by atoms with E-state index in [1.807, 2.05) is 0 Å². The zero-order chi connectivity index (χ0) is 14.3. The molecule has 3 atom stereocenters. The van der Waals surface area contributed by atoms with Gasteiger partial charge in [-0.2, -0.15) is 0 Å². The first-order valence-corrected chi connectivity index (χ1v) is 7.10. The second kappa shape index (κ2) is 8.15. The molecule has 0 aromatic rings. The number of carbonyl (C=O) groups excluding carboxylic acids is 1. The van der Waals surface area contributed by atoms with Gasteiger partial charge in [0, 0.05) is 13.0 Å². The van der Waals surface area contributed by atoms with Gasteiger partial charge in [0.15, 0.2) is 0 Å². The molecule has 0 saturated heterocycles. The summed E-state index contributed by atoms with van der Waals surface area (Å²) in [6.45, 7) is 2.57. The molecule has 0 aromatic heterocycles. The molecule has 0 radical (unpaired) electrons. The fraction of sp³-hybridized carbons (Fsp3) is 0.857. The van der Waals surface area contributed by atoms with Crippen LogP contribution in [0.4, 0.5) is 0 Å². The topological polar surface area (TPSA) is 75.6 Å². The second-order valence-electron chi connectivity index (χ2n) is 5.35. The number of carboxylic acids is 1. The number of methoxy groups -OCH3 is 1. The molecule has 5 heteroatoms. The summed E-state index contributed by atoms with van der Waals surface area (Å²) < 4.78 is 5.10. The van der Waals surface area contributed by atoms with Crippen LogP contribution >= 0.6 is 0 Å². The average Bonchev–Trinajstić information content (AvgIpc) is 2.39. The number of nitrogens with one attached hydrogen (secondary N) is 1. The summed E-state index contributed by atoms with van der Waals surface area (Å²) in [5.41, 5.74) is 0. The van der Waals surface area contributed by atoms with E-state index in [9.17, 15) is 9.59 Å². The van der Waals surface area contributed by atoms with E-state index in [4.69, 9.17) is 9.84 Å². The SMILES string of the molecule is CCCC(COC)NC(=O)C1CCCC(C(=O)O)C1. The van der Waals surface area contributed by atoms with Crippen LogP contribution in [-0.4, -0.2) is 36.7 Å². The average molecular weight is 271 g/mol. The van der Waals surface area contributed by atoms with Gasteiger partial charge in [-0.25, -0.2) is 0 Å². The molecule has 0 spiro atoms. The Labute approximate surface area is 114 Å². The molecule has 110 valence electrons. The highest BCUT2D eigenvalue weighted by atomic mass is 16.5. The number of hydrogen-bond acceptors (Lipinski definition) is 3. The predicted molar refractivity (Wildman–Crippen MR) is 71.8 cm³/mol. The van der Waals surface area contributed by atoms with Gasteiger partial charge >= 0.3 is 5.97 Å². The summed E-state index contributed by atoms with van der Waals surface area (Å²) in [6.07, 6.45) is 4.63. The van der Waals surface area contributed by atoms with Crippen molar-refractivity contribution in [1.82, 2.24) is 5.32 Å². The molecule has 5 nitrogen and oxygen atoms in total. The molecule has 0 bridgehead atoms. The van der Waals surface area contributed by atoms with Crippen LogP contribution in [0.25, 0.3) is 0 Å². The van der Waals surface area contributed by atoms with Crippen LogP contribution in [0.1, 0.15) is 45.4 Å². The Balaban J connectivity index is 2.49. The molecule has 3 unspecified atom stereocenters. The summed E-state index contributed by atoms with van der Waals surface area (Å²) >= 11 is 0. The van der Waals surface area contributed by atoms with Crippen molar-refractivity contribution >= 4 is 11.9 Å². The molecule has 1 aliphatic rings. The monoisotopic (exact) mass is 271 g/mol. The van der Waals surface area contributed by atoms with Crippen LogP contribution < -0.4 is 5.32 Å². The van der Waals surface area contributed by atoms with Gasteiger partial charge in [-0.05, 0) is 25.7 Å². The van der Waals surface area contributed by atoms with Gasteiger partial charge in [0.25, 0.3) is 0 Å². The molecule has 1 saturated carbocycles. The minimum absolute atomic E-state index is 0.0125. The lowest BCUT2D eigenvalue weighted by Gasteiger charge is -2.27. The van der Waals surface area contributed by atoms with Crippen LogP contribution in [0.2, 0.25) is 0 Å². The first-order valence-electron chi connectivity index (χ1n) is 7.10.